The molecular weight excluding hydrogens is 399 g/mol. The molecule has 0 amide bonds. The molecule has 1 aliphatic carbocycles. The summed E-state index contributed by atoms with van der Waals surface area (Å²) in [7, 11) is 0. The summed E-state index contributed by atoms with van der Waals surface area (Å²) in [6.07, 6.45) is 6.38. The van der Waals surface area contributed by atoms with E-state index in [1.165, 1.54) is 56.3 Å². The fourth-order valence-electron chi connectivity index (χ4n) is 6.36. The van der Waals surface area contributed by atoms with Crippen LogP contribution in [0.4, 0.5) is 0 Å². The van der Waals surface area contributed by atoms with Gasteiger partial charge in [-0.25, -0.2) is 0 Å². The average molecular weight is 429 g/mol. The van der Waals surface area contributed by atoms with E-state index in [9.17, 15) is 0 Å². The van der Waals surface area contributed by atoms with Crippen LogP contribution in [0.25, 0.3) is 0 Å². The van der Waals surface area contributed by atoms with Crippen LogP contribution in [-0.2, 0) is 0 Å². The number of nitrogens with one attached hydrogen (secondary N) is 1. The molecule has 29 heavy (non-hydrogen) atoms. The molecule has 1 N–H and O–H groups in total. The van der Waals surface area contributed by atoms with Gasteiger partial charge >= 0.3 is 0 Å². The van der Waals surface area contributed by atoms with Gasteiger partial charge < -0.3 is 5.32 Å². The molecule has 2 atom stereocenters. The SMILES string of the molecule is Clc1ccccc1C1CC2(N3CCCCC3)CNCC1C(c1ccccc1Cl)C2. The Labute approximate surface area is 184 Å². The van der Waals surface area contributed by atoms with Crippen molar-refractivity contribution in [3.05, 3.63) is 69.7 Å². The Hall–Kier alpha value is -1.06. The fraction of sp³-hybridized carbons (Fsp3) is 0.520. The zero-order chi connectivity index (χ0) is 19.8. The maximum Gasteiger partial charge on any atom is 0.0440 e. The van der Waals surface area contributed by atoms with Crippen LogP contribution in [0, 0.1) is 5.92 Å². The van der Waals surface area contributed by atoms with E-state index in [1.807, 2.05) is 12.1 Å². The van der Waals surface area contributed by atoms with Gasteiger partial charge in [-0.2, -0.15) is 0 Å². The molecule has 0 spiro atoms. The molecule has 154 valence electrons. The molecule has 2 unspecified atom stereocenters. The van der Waals surface area contributed by atoms with Crippen molar-refractivity contribution in [1.29, 1.82) is 0 Å². The Balaban J connectivity index is 1.61. The maximum atomic E-state index is 6.74. The molecule has 4 fully saturated rings. The molecular formula is C25H30Cl2N2. The summed E-state index contributed by atoms with van der Waals surface area (Å²) in [4.78, 5) is 2.80. The Bertz CT molecular complexity index is 806. The molecule has 1 saturated carbocycles. The van der Waals surface area contributed by atoms with Crippen LogP contribution in [0.15, 0.2) is 48.5 Å². The zero-order valence-corrected chi connectivity index (χ0v) is 18.4. The summed E-state index contributed by atoms with van der Waals surface area (Å²) < 4.78 is 0. The summed E-state index contributed by atoms with van der Waals surface area (Å²) >= 11 is 13.5. The molecule has 3 saturated heterocycles. The minimum absolute atomic E-state index is 0.182. The first-order chi connectivity index (χ1) is 14.2. The Morgan fingerprint density at radius 3 is 1.90 bits per heavy atom. The van der Waals surface area contributed by atoms with Crippen LogP contribution in [-0.4, -0.2) is 36.6 Å². The van der Waals surface area contributed by atoms with Gasteiger partial charge in [-0.05, 0) is 86.3 Å². The number of hydrogen-bond acceptors (Lipinski definition) is 2. The lowest BCUT2D eigenvalue weighted by molar-refractivity contribution is 0.0209. The number of benzene rings is 2. The first kappa shape index (κ1) is 19.9. The van der Waals surface area contributed by atoms with E-state index in [1.54, 1.807) is 0 Å². The molecule has 3 aliphatic heterocycles. The van der Waals surface area contributed by atoms with Crippen molar-refractivity contribution in [3.63, 3.8) is 0 Å². The van der Waals surface area contributed by atoms with E-state index in [2.05, 4.69) is 46.6 Å². The first-order valence-corrected chi connectivity index (χ1v) is 11.9. The number of piperidine rings is 1. The van der Waals surface area contributed by atoms with E-state index >= 15 is 0 Å². The lowest BCUT2D eigenvalue weighted by Gasteiger charge is -2.53. The number of nitrogens with zero attached hydrogens (tertiary/aromatic N) is 1. The second-order valence-electron chi connectivity index (χ2n) is 9.23. The smallest absolute Gasteiger partial charge is 0.0440 e. The summed E-state index contributed by atoms with van der Waals surface area (Å²) in [5, 5.41) is 5.69. The van der Waals surface area contributed by atoms with Crippen molar-refractivity contribution >= 4 is 23.2 Å². The number of halogens is 2. The van der Waals surface area contributed by atoms with Gasteiger partial charge in [-0.3, -0.25) is 4.90 Å². The molecule has 4 heteroatoms. The number of likely N-dealkylation sites (tertiary alicyclic amines) is 1. The second kappa shape index (κ2) is 8.23. The third kappa shape index (κ3) is 3.63. The molecule has 2 bridgehead atoms. The van der Waals surface area contributed by atoms with Gasteiger partial charge in [0.05, 0.1) is 0 Å². The number of rotatable bonds is 3. The highest BCUT2D eigenvalue weighted by atomic mass is 35.5. The predicted octanol–water partition coefficient (Wildman–Crippen LogP) is 6.10. The lowest BCUT2D eigenvalue weighted by atomic mass is 9.61. The van der Waals surface area contributed by atoms with Gasteiger partial charge in [0, 0.05) is 22.1 Å². The Kier molecular flexibility index (Phi) is 5.64. The topological polar surface area (TPSA) is 15.3 Å². The lowest BCUT2D eigenvalue weighted by Crippen LogP contribution is -2.57. The monoisotopic (exact) mass is 428 g/mol. The van der Waals surface area contributed by atoms with Gasteiger partial charge in [0.15, 0.2) is 0 Å². The van der Waals surface area contributed by atoms with Crippen LogP contribution in [0.5, 0.6) is 0 Å². The zero-order valence-electron chi connectivity index (χ0n) is 16.9. The van der Waals surface area contributed by atoms with E-state index in [0.29, 0.717) is 17.8 Å². The van der Waals surface area contributed by atoms with Gasteiger partial charge in [0.1, 0.15) is 0 Å². The largest absolute Gasteiger partial charge is 0.315 e. The van der Waals surface area contributed by atoms with E-state index in [4.69, 9.17) is 23.2 Å². The normalized spacial score (nSPS) is 32.8. The number of hydrogen-bond donors (Lipinski definition) is 1. The van der Waals surface area contributed by atoms with Crippen molar-refractivity contribution in [2.45, 2.75) is 49.5 Å². The molecule has 0 radical (unpaired) electrons. The molecule has 4 aliphatic rings. The molecule has 2 nitrogen and oxygen atoms in total. The first-order valence-electron chi connectivity index (χ1n) is 11.1. The van der Waals surface area contributed by atoms with Gasteiger partial charge in [-0.1, -0.05) is 66.0 Å². The highest BCUT2D eigenvalue weighted by Gasteiger charge is 2.52. The predicted molar refractivity (Wildman–Crippen MR) is 122 cm³/mol. The van der Waals surface area contributed by atoms with Crippen molar-refractivity contribution in [2.75, 3.05) is 26.2 Å². The third-order valence-electron chi connectivity index (χ3n) is 7.70. The van der Waals surface area contributed by atoms with Gasteiger partial charge in [0.2, 0.25) is 0 Å². The Morgan fingerprint density at radius 1 is 0.793 bits per heavy atom. The summed E-state index contributed by atoms with van der Waals surface area (Å²) in [5.74, 6) is 1.42. The minimum atomic E-state index is 0.182. The van der Waals surface area contributed by atoms with Crippen LogP contribution in [0.3, 0.4) is 0 Å². The molecule has 3 heterocycles. The van der Waals surface area contributed by atoms with E-state index in [-0.39, 0.29) is 5.54 Å². The average Bonchev–Trinajstić information content (AvgIpc) is 3.06. The van der Waals surface area contributed by atoms with Crippen LogP contribution in [0.2, 0.25) is 10.0 Å². The van der Waals surface area contributed by atoms with Crippen LogP contribution >= 0.6 is 23.2 Å². The Morgan fingerprint density at radius 2 is 1.34 bits per heavy atom. The summed E-state index contributed by atoms with van der Waals surface area (Å²) in [5.41, 5.74) is 2.82. The maximum absolute atomic E-state index is 6.74. The van der Waals surface area contributed by atoms with Crippen molar-refractivity contribution < 1.29 is 0 Å². The van der Waals surface area contributed by atoms with Crippen molar-refractivity contribution in [1.82, 2.24) is 10.2 Å². The quantitative estimate of drug-likeness (QED) is 0.634. The molecule has 0 aromatic heterocycles. The highest BCUT2D eigenvalue weighted by Crippen LogP contribution is 2.55. The molecule has 2 aromatic carbocycles. The van der Waals surface area contributed by atoms with Gasteiger partial charge in [-0.15, -0.1) is 0 Å². The summed E-state index contributed by atoms with van der Waals surface area (Å²) in [6, 6.07) is 17.0. The second-order valence-corrected chi connectivity index (χ2v) is 10.0. The minimum Gasteiger partial charge on any atom is -0.315 e. The van der Waals surface area contributed by atoms with E-state index < -0.39 is 0 Å². The third-order valence-corrected chi connectivity index (χ3v) is 8.39. The van der Waals surface area contributed by atoms with Crippen molar-refractivity contribution in [3.8, 4) is 0 Å². The van der Waals surface area contributed by atoms with Gasteiger partial charge in [0.25, 0.3) is 0 Å². The molecule has 2 aromatic rings. The van der Waals surface area contributed by atoms with Crippen LogP contribution in [0.1, 0.15) is 55.1 Å². The van der Waals surface area contributed by atoms with E-state index in [0.717, 1.165) is 23.1 Å². The highest BCUT2D eigenvalue weighted by molar-refractivity contribution is 6.31. The van der Waals surface area contributed by atoms with Crippen LogP contribution < -0.4 is 5.32 Å². The standard InChI is InChI=1S/C25H30Cl2N2/c26-23-10-4-2-8-18(23)20-14-25(29-12-6-1-7-13-29)15-21(22(20)16-28-17-25)19-9-3-5-11-24(19)27/h2-5,8-11,20-22,28H,1,6-7,12-17H2. The molecule has 6 rings (SSSR count). The number of fused-ring (bicyclic) bond motifs is 4. The van der Waals surface area contributed by atoms with Crippen molar-refractivity contribution in [2.24, 2.45) is 5.92 Å². The summed E-state index contributed by atoms with van der Waals surface area (Å²) in [6.45, 7) is 4.54. The fourth-order valence-corrected chi connectivity index (χ4v) is 6.91.